The summed E-state index contributed by atoms with van der Waals surface area (Å²) in [6, 6.07) is 8.10. The Morgan fingerprint density at radius 1 is 1.41 bits per heavy atom. The predicted molar refractivity (Wildman–Crippen MR) is 77.6 cm³/mol. The molecule has 2 heterocycles. The fourth-order valence-corrected chi connectivity index (χ4v) is 2.59. The number of anilines is 1. The SMILES string of the molecule is CC1=Nc2nc(N)nn2C(c2ccc(C#N)cc2)C1C(=O)O. The molecule has 22 heavy (non-hydrogen) atoms. The molecule has 2 atom stereocenters. The zero-order valence-electron chi connectivity index (χ0n) is 11.6. The molecule has 0 fully saturated rings. The van der Waals surface area contributed by atoms with Gasteiger partial charge in [-0.05, 0) is 24.6 Å². The first-order chi connectivity index (χ1) is 10.5. The van der Waals surface area contributed by atoms with Crippen LogP contribution in [0, 0.1) is 17.2 Å². The van der Waals surface area contributed by atoms with Crippen LogP contribution in [0.2, 0.25) is 0 Å². The second-order valence-electron chi connectivity index (χ2n) is 4.96. The Hall–Kier alpha value is -3.21. The van der Waals surface area contributed by atoms with Gasteiger partial charge in [0, 0.05) is 5.71 Å². The first kappa shape index (κ1) is 13.8. The van der Waals surface area contributed by atoms with E-state index in [1.807, 2.05) is 6.07 Å². The monoisotopic (exact) mass is 296 g/mol. The van der Waals surface area contributed by atoms with Crippen LogP contribution in [0.4, 0.5) is 11.9 Å². The molecule has 3 rings (SSSR count). The zero-order valence-corrected chi connectivity index (χ0v) is 11.6. The van der Waals surface area contributed by atoms with Crippen LogP contribution < -0.4 is 5.73 Å². The van der Waals surface area contributed by atoms with Gasteiger partial charge in [0.2, 0.25) is 11.9 Å². The van der Waals surface area contributed by atoms with Gasteiger partial charge < -0.3 is 10.8 Å². The normalized spacial score (nSPS) is 19.9. The molecule has 0 aliphatic carbocycles. The van der Waals surface area contributed by atoms with E-state index in [1.165, 1.54) is 4.68 Å². The highest BCUT2D eigenvalue weighted by molar-refractivity contribution is 6.02. The fraction of sp³-hybridized carbons (Fsp3) is 0.214. The Morgan fingerprint density at radius 3 is 2.68 bits per heavy atom. The molecule has 1 aliphatic heterocycles. The Bertz CT molecular complexity index is 815. The highest BCUT2D eigenvalue weighted by Gasteiger charge is 2.39. The van der Waals surface area contributed by atoms with E-state index in [2.05, 4.69) is 15.1 Å². The van der Waals surface area contributed by atoms with Crippen molar-refractivity contribution in [3.63, 3.8) is 0 Å². The van der Waals surface area contributed by atoms with Crippen molar-refractivity contribution in [2.45, 2.75) is 13.0 Å². The molecule has 0 bridgehead atoms. The quantitative estimate of drug-likeness (QED) is 0.854. The summed E-state index contributed by atoms with van der Waals surface area (Å²) in [6.07, 6.45) is 0. The first-order valence-corrected chi connectivity index (χ1v) is 6.51. The topological polar surface area (TPSA) is 130 Å². The maximum Gasteiger partial charge on any atom is 0.314 e. The number of carbonyl (C=O) groups is 1. The third-order valence-electron chi connectivity index (χ3n) is 3.58. The van der Waals surface area contributed by atoms with E-state index in [-0.39, 0.29) is 11.9 Å². The number of carboxylic acids is 1. The van der Waals surface area contributed by atoms with Gasteiger partial charge in [0.05, 0.1) is 17.7 Å². The van der Waals surface area contributed by atoms with Crippen molar-refractivity contribution >= 4 is 23.6 Å². The van der Waals surface area contributed by atoms with E-state index in [0.717, 1.165) is 0 Å². The van der Waals surface area contributed by atoms with E-state index in [9.17, 15) is 9.90 Å². The van der Waals surface area contributed by atoms with Gasteiger partial charge in [-0.3, -0.25) is 4.79 Å². The van der Waals surface area contributed by atoms with E-state index < -0.39 is 17.9 Å². The summed E-state index contributed by atoms with van der Waals surface area (Å²) in [4.78, 5) is 19.8. The first-order valence-electron chi connectivity index (χ1n) is 6.51. The number of nitrogens with two attached hydrogens (primary N) is 1. The molecule has 0 radical (unpaired) electrons. The molecular formula is C14H12N6O2. The molecule has 1 aromatic carbocycles. The number of nitrogen functional groups attached to an aromatic ring is 1. The highest BCUT2D eigenvalue weighted by Crippen LogP contribution is 2.35. The fourth-order valence-electron chi connectivity index (χ4n) is 2.59. The van der Waals surface area contributed by atoms with Crippen LogP contribution in [0.15, 0.2) is 29.3 Å². The maximum atomic E-state index is 11.7. The van der Waals surface area contributed by atoms with Crippen molar-refractivity contribution in [2.24, 2.45) is 10.9 Å². The predicted octanol–water partition coefficient (Wildman–Crippen LogP) is 1.13. The molecule has 110 valence electrons. The average molecular weight is 296 g/mol. The second-order valence-corrected chi connectivity index (χ2v) is 4.96. The lowest BCUT2D eigenvalue weighted by atomic mass is 9.88. The number of aliphatic imine (C=N–C) groups is 1. The summed E-state index contributed by atoms with van der Waals surface area (Å²) in [7, 11) is 0. The number of nitriles is 1. The Kier molecular flexibility index (Phi) is 3.10. The summed E-state index contributed by atoms with van der Waals surface area (Å²) >= 11 is 0. The molecule has 3 N–H and O–H groups in total. The molecule has 2 unspecified atom stereocenters. The van der Waals surface area contributed by atoms with Crippen molar-refractivity contribution in [3.8, 4) is 6.07 Å². The van der Waals surface area contributed by atoms with Crippen LogP contribution in [0.1, 0.15) is 24.1 Å². The van der Waals surface area contributed by atoms with Crippen molar-refractivity contribution in [2.75, 3.05) is 5.73 Å². The summed E-state index contributed by atoms with van der Waals surface area (Å²) in [5.74, 6) is -1.56. The van der Waals surface area contributed by atoms with Gasteiger partial charge in [-0.1, -0.05) is 12.1 Å². The minimum atomic E-state index is -1.00. The third kappa shape index (κ3) is 2.09. The second kappa shape index (κ2) is 4.96. The lowest BCUT2D eigenvalue weighted by molar-refractivity contribution is -0.140. The summed E-state index contributed by atoms with van der Waals surface area (Å²) in [5, 5.41) is 22.5. The number of aliphatic carboxylic acids is 1. The minimum absolute atomic E-state index is 0.0382. The highest BCUT2D eigenvalue weighted by atomic mass is 16.4. The number of benzene rings is 1. The van der Waals surface area contributed by atoms with Gasteiger partial charge in [0.15, 0.2) is 0 Å². The number of hydrogen-bond acceptors (Lipinski definition) is 6. The Balaban J connectivity index is 2.17. The number of hydrogen-bond donors (Lipinski definition) is 2. The molecule has 0 saturated heterocycles. The molecule has 1 aromatic heterocycles. The number of nitrogens with zero attached hydrogens (tertiary/aromatic N) is 5. The van der Waals surface area contributed by atoms with Crippen LogP contribution in [0.5, 0.6) is 0 Å². The summed E-state index contributed by atoms with van der Waals surface area (Å²) in [6.45, 7) is 1.64. The van der Waals surface area contributed by atoms with Crippen LogP contribution >= 0.6 is 0 Å². The van der Waals surface area contributed by atoms with Crippen LogP contribution in [0.25, 0.3) is 0 Å². The minimum Gasteiger partial charge on any atom is -0.481 e. The number of aromatic nitrogens is 3. The van der Waals surface area contributed by atoms with Crippen molar-refractivity contribution in [3.05, 3.63) is 35.4 Å². The molecule has 0 spiro atoms. The van der Waals surface area contributed by atoms with E-state index in [1.54, 1.807) is 31.2 Å². The van der Waals surface area contributed by atoms with Crippen LogP contribution in [0.3, 0.4) is 0 Å². The lowest BCUT2D eigenvalue weighted by Gasteiger charge is -2.28. The van der Waals surface area contributed by atoms with Crippen molar-refractivity contribution < 1.29 is 9.90 Å². The van der Waals surface area contributed by atoms with Gasteiger partial charge >= 0.3 is 5.97 Å². The lowest BCUT2D eigenvalue weighted by Crippen LogP contribution is -2.35. The zero-order chi connectivity index (χ0) is 15.9. The largest absolute Gasteiger partial charge is 0.481 e. The van der Waals surface area contributed by atoms with Crippen LogP contribution in [-0.2, 0) is 4.79 Å². The molecule has 2 aromatic rings. The summed E-state index contributed by atoms with van der Waals surface area (Å²) < 4.78 is 1.42. The molecule has 0 saturated carbocycles. The van der Waals surface area contributed by atoms with Crippen LogP contribution in [-0.4, -0.2) is 31.6 Å². The number of carboxylic acid groups (broad SMARTS) is 1. The van der Waals surface area contributed by atoms with E-state index >= 15 is 0 Å². The van der Waals surface area contributed by atoms with Gasteiger partial charge in [-0.2, -0.15) is 10.2 Å². The third-order valence-corrected chi connectivity index (χ3v) is 3.58. The number of rotatable bonds is 2. The molecule has 1 aliphatic rings. The average Bonchev–Trinajstić information content (AvgIpc) is 2.85. The smallest absolute Gasteiger partial charge is 0.314 e. The Labute approximate surface area is 125 Å². The van der Waals surface area contributed by atoms with Crippen molar-refractivity contribution in [1.82, 2.24) is 14.8 Å². The molecule has 8 heteroatoms. The van der Waals surface area contributed by atoms with Crippen molar-refractivity contribution in [1.29, 1.82) is 5.26 Å². The standard InChI is InChI=1S/C14H12N6O2/c1-7-10(12(21)22)11(9-4-2-8(6-15)3-5-9)20-14(17-7)18-13(16)19-20/h2-5,10-11H,1H3,(H2,16,19)(H,21,22). The van der Waals surface area contributed by atoms with Gasteiger partial charge in [-0.15, -0.1) is 5.10 Å². The maximum absolute atomic E-state index is 11.7. The van der Waals surface area contributed by atoms with E-state index in [4.69, 9.17) is 11.0 Å². The molecular weight excluding hydrogens is 284 g/mol. The number of fused-ring (bicyclic) bond motifs is 1. The summed E-state index contributed by atoms with van der Waals surface area (Å²) in [5.41, 5.74) is 7.24. The van der Waals surface area contributed by atoms with Gasteiger partial charge in [0.25, 0.3) is 0 Å². The van der Waals surface area contributed by atoms with Gasteiger partial charge in [0.1, 0.15) is 5.92 Å². The molecule has 8 nitrogen and oxygen atoms in total. The Morgan fingerprint density at radius 2 is 2.09 bits per heavy atom. The van der Waals surface area contributed by atoms with E-state index in [0.29, 0.717) is 16.8 Å². The van der Waals surface area contributed by atoms with Gasteiger partial charge in [-0.25, -0.2) is 9.67 Å². The molecule has 0 amide bonds.